The lowest BCUT2D eigenvalue weighted by Crippen LogP contribution is -2.49. The summed E-state index contributed by atoms with van der Waals surface area (Å²) in [7, 11) is 0. The number of carbonyl (C=O) groups is 2. The number of fused-ring (bicyclic) bond motifs is 1. The second kappa shape index (κ2) is 9.24. The van der Waals surface area contributed by atoms with Gasteiger partial charge in [0, 0.05) is 37.3 Å². The maximum atomic E-state index is 12.8. The molecule has 8 nitrogen and oxygen atoms in total. The van der Waals surface area contributed by atoms with E-state index in [0.717, 1.165) is 30.4 Å². The van der Waals surface area contributed by atoms with Gasteiger partial charge in [0.2, 0.25) is 0 Å². The van der Waals surface area contributed by atoms with E-state index >= 15 is 0 Å². The van der Waals surface area contributed by atoms with Gasteiger partial charge in [-0.1, -0.05) is 13.8 Å². The van der Waals surface area contributed by atoms with Gasteiger partial charge in [-0.25, -0.2) is 14.5 Å². The summed E-state index contributed by atoms with van der Waals surface area (Å²) in [6.45, 7) is 13.9. The largest absolute Gasteiger partial charge is 0.444 e. The Morgan fingerprint density at radius 3 is 2.68 bits per heavy atom. The number of amides is 2. The molecule has 2 atom stereocenters. The Hall–Kier alpha value is -2.64. The van der Waals surface area contributed by atoms with E-state index in [1.54, 1.807) is 17.3 Å². The first-order valence-electron chi connectivity index (χ1n) is 11.1. The Labute approximate surface area is 184 Å². The highest BCUT2D eigenvalue weighted by molar-refractivity contribution is 5.97. The topological polar surface area (TPSA) is 89.4 Å². The van der Waals surface area contributed by atoms with E-state index in [4.69, 9.17) is 4.74 Å². The van der Waals surface area contributed by atoms with Crippen LogP contribution in [0.3, 0.4) is 0 Å². The molecule has 0 bridgehead atoms. The van der Waals surface area contributed by atoms with E-state index < -0.39 is 5.60 Å². The molecular formula is C23H35N5O3. The number of nitrogens with one attached hydrogen (secondary N) is 1. The third-order valence-corrected chi connectivity index (χ3v) is 5.45. The van der Waals surface area contributed by atoms with Crippen LogP contribution in [0.15, 0.2) is 18.5 Å². The van der Waals surface area contributed by atoms with Crippen LogP contribution in [0.2, 0.25) is 0 Å². The third kappa shape index (κ3) is 5.95. The van der Waals surface area contributed by atoms with Gasteiger partial charge in [0.05, 0.1) is 11.8 Å². The molecule has 0 saturated carbocycles. The van der Waals surface area contributed by atoms with Crippen LogP contribution in [0.5, 0.6) is 0 Å². The summed E-state index contributed by atoms with van der Waals surface area (Å²) >= 11 is 0. The molecule has 0 spiro atoms. The Bertz CT molecular complexity index is 931. The van der Waals surface area contributed by atoms with Crippen LogP contribution in [-0.4, -0.2) is 56.4 Å². The molecular weight excluding hydrogens is 394 g/mol. The Balaban J connectivity index is 1.62. The molecule has 3 heterocycles. The van der Waals surface area contributed by atoms with Crippen molar-refractivity contribution < 1.29 is 14.3 Å². The molecule has 0 aliphatic carbocycles. The van der Waals surface area contributed by atoms with Crippen molar-refractivity contribution in [2.24, 2.45) is 11.8 Å². The number of carbonyl (C=O) groups excluding carboxylic acids is 2. The van der Waals surface area contributed by atoms with Gasteiger partial charge in [0.1, 0.15) is 5.60 Å². The highest BCUT2D eigenvalue weighted by atomic mass is 16.6. The molecule has 1 fully saturated rings. The normalized spacial score (nSPS) is 18.3. The van der Waals surface area contributed by atoms with Crippen molar-refractivity contribution in [3.05, 3.63) is 24.0 Å². The molecule has 2 unspecified atom stereocenters. The second-order valence-electron chi connectivity index (χ2n) is 9.95. The predicted molar refractivity (Wildman–Crippen MR) is 120 cm³/mol. The van der Waals surface area contributed by atoms with E-state index in [-0.39, 0.29) is 24.0 Å². The highest BCUT2D eigenvalue weighted by Crippen LogP contribution is 2.22. The fraction of sp³-hybridized carbons (Fsp3) is 0.652. The van der Waals surface area contributed by atoms with E-state index in [1.807, 2.05) is 38.4 Å². The van der Waals surface area contributed by atoms with E-state index in [0.29, 0.717) is 24.6 Å². The lowest BCUT2D eigenvalue weighted by atomic mass is 9.91. The van der Waals surface area contributed by atoms with Crippen LogP contribution in [0.4, 0.5) is 4.79 Å². The van der Waals surface area contributed by atoms with Gasteiger partial charge < -0.3 is 15.0 Å². The molecule has 2 amide bonds. The fourth-order valence-electron chi connectivity index (χ4n) is 3.89. The molecule has 1 saturated heterocycles. The van der Waals surface area contributed by atoms with Crippen LogP contribution in [0, 0.1) is 11.8 Å². The zero-order valence-electron chi connectivity index (χ0n) is 19.5. The van der Waals surface area contributed by atoms with Gasteiger partial charge in [-0.2, -0.15) is 5.10 Å². The smallest absolute Gasteiger partial charge is 0.410 e. The maximum Gasteiger partial charge on any atom is 0.410 e. The monoisotopic (exact) mass is 429 g/mol. The fourth-order valence-corrected chi connectivity index (χ4v) is 3.89. The Kier molecular flexibility index (Phi) is 6.86. The molecule has 2 aromatic rings. The first kappa shape index (κ1) is 23.0. The molecule has 3 rings (SSSR count). The second-order valence-corrected chi connectivity index (χ2v) is 9.95. The van der Waals surface area contributed by atoms with Crippen LogP contribution in [0.25, 0.3) is 11.0 Å². The van der Waals surface area contributed by atoms with Gasteiger partial charge in [0.15, 0.2) is 5.65 Å². The van der Waals surface area contributed by atoms with Gasteiger partial charge in [-0.3, -0.25) is 4.79 Å². The third-order valence-electron chi connectivity index (χ3n) is 5.45. The summed E-state index contributed by atoms with van der Waals surface area (Å²) in [6, 6.07) is 1.76. The van der Waals surface area contributed by atoms with Crippen molar-refractivity contribution >= 4 is 23.0 Å². The number of nitrogens with zero attached hydrogens (tertiary/aromatic N) is 4. The SMILES string of the molecule is CC(C)Cn1ncc2cc(C(=O)NC(C)C3CCCN(C(=O)OC(C)(C)C)C3)cnc21. The average Bonchev–Trinajstić information content (AvgIpc) is 3.08. The first-order chi connectivity index (χ1) is 14.5. The molecule has 1 N–H and O–H groups in total. The molecule has 0 aromatic carbocycles. The summed E-state index contributed by atoms with van der Waals surface area (Å²) in [5, 5.41) is 8.34. The zero-order chi connectivity index (χ0) is 22.8. The van der Waals surface area contributed by atoms with Gasteiger partial charge >= 0.3 is 6.09 Å². The number of ether oxygens (including phenoxy) is 1. The average molecular weight is 430 g/mol. The summed E-state index contributed by atoms with van der Waals surface area (Å²) in [5.41, 5.74) is 0.792. The Morgan fingerprint density at radius 2 is 2.00 bits per heavy atom. The van der Waals surface area contributed by atoms with Gasteiger partial charge in [0.25, 0.3) is 5.91 Å². The van der Waals surface area contributed by atoms with Crippen LogP contribution >= 0.6 is 0 Å². The first-order valence-corrected chi connectivity index (χ1v) is 11.1. The van der Waals surface area contributed by atoms with Crippen molar-refractivity contribution in [1.29, 1.82) is 0 Å². The quantitative estimate of drug-likeness (QED) is 0.780. The number of pyridine rings is 1. The number of likely N-dealkylation sites (tertiary alicyclic amines) is 1. The lowest BCUT2D eigenvalue weighted by molar-refractivity contribution is 0.0150. The van der Waals surface area contributed by atoms with Crippen molar-refractivity contribution in [3.63, 3.8) is 0 Å². The van der Waals surface area contributed by atoms with Crippen molar-refractivity contribution in [3.8, 4) is 0 Å². The van der Waals surface area contributed by atoms with Crippen molar-refractivity contribution in [2.75, 3.05) is 13.1 Å². The molecule has 2 aromatic heterocycles. The van der Waals surface area contributed by atoms with Crippen molar-refractivity contribution in [2.45, 2.75) is 72.6 Å². The van der Waals surface area contributed by atoms with E-state index in [2.05, 4.69) is 29.2 Å². The molecule has 170 valence electrons. The number of aromatic nitrogens is 3. The standard InChI is InChI=1S/C23H35N5O3/c1-15(2)13-28-20-18(12-25-28)10-19(11-24-20)21(29)26-16(3)17-8-7-9-27(14-17)22(30)31-23(4,5)6/h10-12,15-17H,7-9,13-14H2,1-6H3,(H,26,29). The van der Waals surface area contributed by atoms with Gasteiger partial charge in [-0.15, -0.1) is 0 Å². The van der Waals surface area contributed by atoms with Gasteiger partial charge in [-0.05, 0) is 58.4 Å². The van der Waals surface area contributed by atoms with Crippen LogP contribution < -0.4 is 5.32 Å². The molecule has 1 aliphatic heterocycles. The number of piperidine rings is 1. The molecule has 1 aliphatic rings. The summed E-state index contributed by atoms with van der Waals surface area (Å²) < 4.78 is 7.38. The van der Waals surface area contributed by atoms with E-state index in [1.165, 1.54) is 0 Å². The lowest BCUT2D eigenvalue weighted by Gasteiger charge is -2.36. The van der Waals surface area contributed by atoms with Crippen LogP contribution in [0.1, 0.15) is 64.7 Å². The summed E-state index contributed by atoms with van der Waals surface area (Å²) in [5.74, 6) is 0.480. The molecule has 31 heavy (non-hydrogen) atoms. The Morgan fingerprint density at radius 1 is 1.26 bits per heavy atom. The zero-order valence-corrected chi connectivity index (χ0v) is 19.5. The number of rotatable bonds is 5. The number of hydrogen-bond acceptors (Lipinski definition) is 5. The minimum absolute atomic E-state index is 0.0721. The van der Waals surface area contributed by atoms with Crippen LogP contribution in [-0.2, 0) is 11.3 Å². The molecule has 0 radical (unpaired) electrons. The summed E-state index contributed by atoms with van der Waals surface area (Å²) in [4.78, 5) is 31.5. The highest BCUT2D eigenvalue weighted by Gasteiger charge is 2.31. The number of hydrogen-bond donors (Lipinski definition) is 1. The minimum Gasteiger partial charge on any atom is -0.444 e. The maximum absolute atomic E-state index is 12.8. The molecule has 8 heteroatoms. The predicted octanol–water partition coefficient (Wildman–Crippen LogP) is 3.85. The minimum atomic E-state index is -0.515. The summed E-state index contributed by atoms with van der Waals surface area (Å²) in [6.07, 6.45) is 4.93. The van der Waals surface area contributed by atoms with Crippen molar-refractivity contribution in [1.82, 2.24) is 25.0 Å². The van der Waals surface area contributed by atoms with E-state index in [9.17, 15) is 9.59 Å².